The summed E-state index contributed by atoms with van der Waals surface area (Å²) in [5.41, 5.74) is -0.182. The van der Waals surface area contributed by atoms with Gasteiger partial charge in [0.15, 0.2) is 17.2 Å². The Bertz CT molecular complexity index is 1770. The van der Waals surface area contributed by atoms with Crippen LogP contribution >= 0.6 is 0 Å². The predicted octanol–water partition coefficient (Wildman–Crippen LogP) is 7.24. The van der Waals surface area contributed by atoms with Crippen LogP contribution in [0, 0.1) is 0 Å². The second kappa shape index (κ2) is 10.9. The molecule has 14 heteroatoms. The van der Waals surface area contributed by atoms with Gasteiger partial charge in [-0.3, -0.25) is 4.21 Å². The summed E-state index contributed by atoms with van der Waals surface area (Å²) in [7, 11) is -1.76. The molecule has 1 aliphatic heterocycles. The summed E-state index contributed by atoms with van der Waals surface area (Å²) in [5, 5.41) is 12.4. The van der Waals surface area contributed by atoms with E-state index >= 15 is 0 Å². The van der Waals surface area contributed by atoms with Crippen LogP contribution in [0.25, 0.3) is 5.69 Å². The third kappa shape index (κ3) is 5.61. The minimum absolute atomic E-state index is 0.00652. The highest BCUT2D eigenvalue weighted by Crippen LogP contribution is 2.44. The average molecular weight is 635 g/mol. The van der Waals surface area contributed by atoms with Gasteiger partial charge in [-0.1, -0.05) is 12.1 Å². The maximum absolute atomic E-state index is 14.1. The van der Waals surface area contributed by atoms with E-state index in [-0.39, 0.29) is 51.1 Å². The number of nitrogens with zero attached hydrogens (tertiary/aromatic N) is 2. The van der Waals surface area contributed by atoms with Crippen LogP contribution in [0.15, 0.2) is 71.6 Å². The van der Waals surface area contributed by atoms with Gasteiger partial charge in [-0.25, -0.2) is 9.48 Å². The van der Waals surface area contributed by atoms with Crippen LogP contribution in [0.2, 0.25) is 0 Å². The molecule has 230 valence electrons. The molecule has 0 amide bonds. The van der Waals surface area contributed by atoms with Crippen molar-refractivity contribution in [2.24, 2.45) is 0 Å². The molecule has 0 saturated heterocycles. The summed E-state index contributed by atoms with van der Waals surface area (Å²) in [6.45, 7) is 1.62. The van der Waals surface area contributed by atoms with Crippen LogP contribution in [-0.4, -0.2) is 31.4 Å². The number of halogens is 5. The van der Waals surface area contributed by atoms with E-state index in [1.807, 2.05) is 0 Å². The second-order valence-corrected chi connectivity index (χ2v) is 12.0. The number of alkyl halides is 5. The molecular weight excluding hydrogens is 611 g/mol. The van der Waals surface area contributed by atoms with Crippen LogP contribution in [0.4, 0.5) is 22.0 Å². The van der Waals surface area contributed by atoms with Crippen molar-refractivity contribution < 1.29 is 50.3 Å². The third-order valence-electron chi connectivity index (χ3n) is 7.38. The van der Waals surface area contributed by atoms with Gasteiger partial charge in [0.25, 0.3) is 0 Å². The van der Waals surface area contributed by atoms with Crippen LogP contribution in [-0.2, 0) is 23.4 Å². The molecule has 0 bridgehead atoms. The Morgan fingerprint density at radius 2 is 1.82 bits per heavy atom. The zero-order chi connectivity index (χ0) is 31.4. The lowest BCUT2D eigenvalue weighted by Gasteiger charge is -2.26. The van der Waals surface area contributed by atoms with Gasteiger partial charge in [0.2, 0.25) is 0 Å². The average Bonchev–Trinajstić information content (AvgIpc) is 3.53. The van der Waals surface area contributed by atoms with Crippen molar-refractivity contribution in [3.05, 3.63) is 94.8 Å². The fourth-order valence-corrected chi connectivity index (χ4v) is 6.56. The number of aromatic nitrogens is 2. The molecule has 3 atom stereocenters. The Kier molecular flexibility index (Phi) is 7.34. The van der Waals surface area contributed by atoms with E-state index in [1.165, 1.54) is 54.6 Å². The molecule has 6 rings (SSSR count). The summed E-state index contributed by atoms with van der Waals surface area (Å²) in [4.78, 5) is 11.5. The lowest BCUT2D eigenvalue weighted by molar-refractivity contribution is -0.286. The number of aromatic carboxylic acids is 1. The fourth-order valence-electron chi connectivity index (χ4n) is 5.31. The van der Waals surface area contributed by atoms with Crippen LogP contribution in [0.5, 0.6) is 17.2 Å². The van der Waals surface area contributed by atoms with E-state index in [4.69, 9.17) is 9.84 Å². The lowest BCUT2D eigenvalue weighted by Crippen LogP contribution is -2.25. The molecule has 4 aromatic rings. The number of ether oxygens (including phenoxy) is 3. The zero-order valence-electron chi connectivity index (χ0n) is 22.8. The van der Waals surface area contributed by atoms with Gasteiger partial charge >= 0.3 is 18.4 Å². The number of carbonyl (C=O) groups is 1. The molecule has 1 N–H and O–H groups in total. The van der Waals surface area contributed by atoms with Gasteiger partial charge in [-0.15, -0.1) is 8.78 Å². The predicted molar refractivity (Wildman–Crippen MR) is 146 cm³/mol. The van der Waals surface area contributed by atoms with E-state index in [0.29, 0.717) is 18.4 Å². The third-order valence-corrected chi connectivity index (χ3v) is 9.01. The first-order chi connectivity index (χ1) is 20.8. The maximum atomic E-state index is 14.1. The van der Waals surface area contributed by atoms with Gasteiger partial charge in [-0.2, -0.15) is 18.3 Å². The van der Waals surface area contributed by atoms with E-state index in [9.17, 15) is 31.0 Å². The minimum Gasteiger partial charge on any atom is -0.484 e. The first-order valence-electron chi connectivity index (χ1n) is 13.4. The molecule has 0 spiro atoms. The summed E-state index contributed by atoms with van der Waals surface area (Å²) in [5.74, 6) is -1.20. The van der Waals surface area contributed by atoms with Gasteiger partial charge in [0.05, 0.1) is 33.0 Å². The lowest BCUT2D eigenvalue weighted by atomic mass is 9.93. The van der Waals surface area contributed by atoms with Gasteiger partial charge in [-0.05, 0) is 86.3 Å². The van der Waals surface area contributed by atoms with Crippen LogP contribution in [0.3, 0.4) is 0 Å². The molecule has 8 nitrogen and oxygen atoms in total. The molecule has 2 aliphatic rings. The van der Waals surface area contributed by atoms with Gasteiger partial charge in [0.1, 0.15) is 11.9 Å². The Labute approximate surface area is 249 Å². The highest BCUT2D eigenvalue weighted by atomic mass is 32.2. The summed E-state index contributed by atoms with van der Waals surface area (Å²) in [6.07, 6.45) is -8.48. The van der Waals surface area contributed by atoms with Crippen molar-refractivity contribution in [1.82, 2.24) is 9.78 Å². The van der Waals surface area contributed by atoms with E-state index in [1.54, 1.807) is 19.1 Å². The smallest absolute Gasteiger partial charge is 0.484 e. The molecule has 0 saturated carbocycles. The van der Waals surface area contributed by atoms with Crippen LogP contribution < -0.4 is 14.2 Å². The number of hydrogen-bond donors (Lipinski definition) is 1. The SMILES string of the molecule is CC(c1ccc2c(c1)OC(F)(F)O2)S(=O)c1cccc(-n2nc(C(F)(F)F)c3c2C(Oc2ccc(C(=O)O)cc2)CCC3)c1. The Hall–Kier alpha value is -4.46. The number of fused-ring (bicyclic) bond motifs is 2. The summed E-state index contributed by atoms with van der Waals surface area (Å²) >= 11 is 0. The highest BCUT2D eigenvalue weighted by molar-refractivity contribution is 7.85. The molecular formula is C30H23F5N2O6S. The first kappa shape index (κ1) is 29.6. The minimum atomic E-state index is -4.74. The largest absolute Gasteiger partial charge is 0.586 e. The number of hydrogen-bond acceptors (Lipinski definition) is 6. The zero-order valence-corrected chi connectivity index (χ0v) is 23.6. The van der Waals surface area contributed by atoms with Crippen molar-refractivity contribution in [2.75, 3.05) is 0 Å². The van der Waals surface area contributed by atoms with E-state index in [0.717, 1.165) is 4.68 Å². The molecule has 3 unspecified atom stereocenters. The van der Waals surface area contributed by atoms with Crippen molar-refractivity contribution in [1.29, 1.82) is 0 Å². The van der Waals surface area contributed by atoms with Crippen molar-refractivity contribution in [3.63, 3.8) is 0 Å². The van der Waals surface area contributed by atoms with Crippen molar-refractivity contribution in [2.45, 2.75) is 54.9 Å². The first-order valence-corrected chi connectivity index (χ1v) is 14.6. The number of rotatable bonds is 7. The maximum Gasteiger partial charge on any atom is 0.586 e. The van der Waals surface area contributed by atoms with Gasteiger partial charge in [0, 0.05) is 10.5 Å². The number of carboxylic acids is 1. The molecule has 44 heavy (non-hydrogen) atoms. The normalized spacial score (nSPS) is 18.4. The Morgan fingerprint density at radius 1 is 1.09 bits per heavy atom. The molecule has 1 aromatic heterocycles. The quantitative estimate of drug-likeness (QED) is 0.214. The molecule has 1 aliphatic carbocycles. The monoisotopic (exact) mass is 634 g/mol. The molecule has 2 heterocycles. The fraction of sp³-hybridized carbons (Fsp3) is 0.267. The molecule has 0 radical (unpaired) electrons. The summed E-state index contributed by atoms with van der Waals surface area (Å²) < 4.78 is 99.1. The Balaban J connectivity index is 1.34. The number of carboxylic acid groups (broad SMARTS) is 1. The Morgan fingerprint density at radius 3 is 2.52 bits per heavy atom. The second-order valence-electron chi connectivity index (χ2n) is 10.3. The summed E-state index contributed by atoms with van der Waals surface area (Å²) in [6, 6.07) is 15.7. The van der Waals surface area contributed by atoms with Crippen LogP contribution in [0.1, 0.15) is 64.0 Å². The molecule has 3 aromatic carbocycles. The standard InChI is InChI=1S/C30H23F5N2O6S/c1-16(18-10-13-23-25(14-18)43-30(34,35)42-23)44(40)21-5-2-4-19(15-21)37-26-22(27(36-37)29(31,32)33)6-3-7-24(26)41-20-11-8-17(9-12-20)28(38)39/h2,4-5,8-16,24H,3,6-7H2,1H3,(H,38,39). The number of benzene rings is 3. The highest BCUT2D eigenvalue weighted by Gasteiger charge is 2.44. The molecule has 0 fully saturated rings. The van der Waals surface area contributed by atoms with Crippen molar-refractivity contribution >= 4 is 16.8 Å². The van der Waals surface area contributed by atoms with Gasteiger partial charge < -0.3 is 19.3 Å². The topological polar surface area (TPSA) is 99.9 Å². The van der Waals surface area contributed by atoms with E-state index in [2.05, 4.69) is 14.6 Å². The van der Waals surface area contributed by atoms with Crippen molar-refractivity contribution in [3.8, 4) is 22.9 Å². The van der Waals surface area contributed by atoms with E-state index < -0.39 is 46.3 Å².